The zero-order valence-electron chi connectivity index (χ0n) is 15.8. The van der Waals surface area contributed by atoms with Crippen LogP contribution < -0.4 is 0 Å². The van der Waals surface area contributed by atoms with Gasteiger partial charge in [-0.15, -0.1) is 0 Å². The minimum Gasteiger partial charge on any atom is -0.347 e. The van der Waals surface area contributed by atoms with Crippen LogP contribution in [0.4, 0.5) is 0 Å². The maximum absolute atomic E-state index is 12.7. The number of aromatic nitrogens is 1. The Hall–Kier alpha value is -1.61. The first-order valence-electron chi connectivity index (χ1n) is 8.85. The summed E-state index contributed by atoms with van der Waals surface area (Å²) in [5.41, 5.74) is 3.35. The number of fused-ring (bicyclic) bond motifs is 3. The van der Waals surface area contributed by atoms with Crippen molar-refractivity contribution in [3.63, 3.8) is 0 Å². The van der Waals surface area contributed by atoms with E-state index < -0.39 is 0 Å². The van der Waals surface area contributed by atoms with Crippen LogP contribution in [0.1, 0.15) is 50.2 Å². The van der Waals surface area contributed by atoms with Crippen LogP contribution >= 0.6 is 0 Å². The van der Waals surface area contributed by atoms with Gasteiger partial charge in [0.2, 0.25) is 0 Å². The molecule has 23 heavy (non-hydrogen) atoms. The average Bonchev–Trinajstić information content (AvgIpc) is 2.87. The van der Waals surface area contributed by atoms with Gasteiger partial charge in [-0.2, -0.15) is 0 Å². The van der Waals surface area contributed by atoms with E-state index in [1.807, 2.05) is 53.9 Å². The summed E-state index contributed by atoms with van der Waals surface area (Å²) in [6, 6.07) is 8.23. The van der Waals surface area contributed by atoms with Gasteiger partial charge in [-0.05, 0) is 33.0 Å². The molecule has 0 radical (unpaired) electrons. The van der Waals surface area contributed by atoms with E-state index in [0.717, 1.165) is 30.3 Å². The smallest absolute Gasteiger partial charge is 0.169 e. The predicted octanol–water partition coefficient (Wildman–Crippen LogP) is 4.54. The van der Waals surface area contributed by atoms with Crippen LogP contribution in [-0.2, 0) is 13.5 Å². The molecule has 3 heteroatoms. The summed E-state index contributed by atoms with van der Waals surface area (Å²) in [7, 11) is 6.14. The predicted molar refractivity (Wildman–Crippen MR) is 100 cm³/mol. The van der Waals surface area contributed by atoms with Crippen LogP contribution in [0, 0.1) is 5.92 Å². The zero-order valence-corrected chi connectivity index (χ0v) is 15.8. The lowest BCUT2D eigenvalue weighted by Crippen LogP contribution is -2.31. The van der Waals surface area contributed by atoms with E-state index in [0.29, 0.717) is 5.78 Å². The Morgan fingerprint density at radius 2 is 1.74 bits per heavy atom. The van der Waals surface area contributed by atoms with E-state index in [4.69, 9.17) is 0 Å². The van der Waals surface area contributed by atoms with Gasteiger partial charge >= 0.3 is 0 Å². The molecule has 0 saturated carbocycles. The standard InChI is InChI=1S/C16H20N2O.2C2H6/c1-17(2)10-11-8-9-14-15(16(11)19)12-6-4-5-7-13(12)18(14)3;2*1-2/h4-7,11H,8-10H2,1-3H3;2*1-2H3. The van der Waals surface area contributed by atoms with Gasteiger partial charge in [0, 0.05) is 41.7 Å². The van der Waals surface area contributed by atoms with Gasteiger partial charge in [0.15, 0.2) is 5.78 Å². The lowest BCUT2D eigenvalue weighted by Gasteiger charge is -2.24. The Kier molecular flexibility index (Phi) is 7.50. The van der Waals surface area contributed by atoms with Gasteiger partial charge in [-0.25, -0.2) is 0 Å². The number of carbonyl (C=O) groups is 1. The van der Waals surface area contributed by atoms with Gasteiger partial charge < -0.3 is 9.47 Å². The Balaban J connectivity index is 0.000000615. The summed E-state index contributed by atoms with van der Waals surface area (Å²) >= 11 is 0. The van der Waals surface area contributed by atoms with Crippen molar-refractivity contribution in [3.05, 3.63) is 35.5 Å². The highest BCUT2D eigenvalue weighted by Crippen LogP contribution is 2.33. The number of Topliss-reactive ketones (excluding diaryl/α,β-unsaturated/α-hetero) is 1. The van der Waals surface area contributed by atoms with Crippen LogP contribution in [0.3, 0.4) is 0 Å². The van der Waals surface area contributed by atoms with Crippen molar-refractivity contribution in [2.45, 2.75) is 40.5 Å². The monoisotopic (exact) mass is 316 g/mol. The van der Waals surface area contributed by atoms with Gasteiger partial charge in [0.25, 0.3) is 0 Å². The maximum atomic E-state index is 12.7. The minimum atomic E-state index is 0.147. The highest BCUT2D eigenvalue weighted by molar-refractivity contribution is 6.11. The maximum Gasteiger partial charge on any atom is 0.169 e. The zero-order chi connectivity index (χ0) is 17.6. The van der Waals surface area contributed by atoms with Crippen molar-refractivity contribution in [1.82, 2.24) is 9.47 Å². The second-order valence-electron chi connectivity index (χ2n) is 5.76. The molecule has 3 nitrogen and oxygen atoms in total. The largest absolute Gasteiger partial charge is 0.347 e. The summed E-state index contributed by atoms with van der Waals surface area (Å²) < 4.78 is 2.19. The molecule has 1 aromatic heterocycles. The summed E-state index contributed by atoms with van der Waals surface area (Å²) in [6.07, 6.45) is 1.97. The quantitative estimate of drug-likeness (QED) is 0.813. The Labute approximate surface area is 141 Å². The molecule has 128 valence electrons. The molecule has 0 aliphatic heterocycles. The highest BCUT2D eigenvalue weighted by atomic mass is 16.1. The number of hydrogen-bond donors (Lipinski definition) is 0. The summed E-state index contributed by atoms with van der Waals surface area (Å²) in [5, 5.41) is 1.12. The molecule has 0 spiro atoms. The second kappa shape index (κ2) is 8.88. The molecule has 1 heterocycles. The van der Waals surface area contributed by atoms with Crippen LogP contribution in [0.15, 0.2) is 24.3 Å². The van der Waals surface area contributed by atoms with E-state index >= 15 is 0 Å². The first-order chi connectivity index (χ1) is 11.1. The lowest BCUT2D eigenvalue weighted by atomic mass is 9.85. The number of hydrogen-bond acceptors (Lipinski definition) is 2. The SMILES string of the molecule is CC.CC.CN(C)CC1CCc2c(c3ccccc3n2C)C1=O. The molecule has 0 amide bonds. The molecule has 0 saturated heterocycles. The Morgan fingerprint density at radius 3 is 2.35 bits per heavy atom. The van der Waals surface area contributed by atoms with Crippen LogP contribution in [0.2, 0.25) is 0 Å². The van der Waals surface area contributed by atoms with Crippen molar-refractivity contribution in [2.24, 2.45) is 13.0 Å². The molecule has 2 aromatic rings. The number of aryl methyl sites for hydroxylation is 1. The van der Waals surface area contributed by atoms with Gasteiger partial charge in [-0.1, -0.05) is 45.9 Å². The molecular formula is C20H32N2O. The number of carbonyl (C=O) groups excluding carboxylic acids is 1. The lowest BCUT2D eigenvalue weighted by molar-refractivity contribution is 0.0878. The molecule has 1 aromatic carbocycles. The van der Waals surface area contributed by atoms with Gasteiger partial charge in [0.1, 0.15) is 0 Å². The van der Waals surface area contributed by atoms with Crippen molar-refractivity contribution in [3.8, 4) is 0 Å². The molecule has 1 aliphatic rings. The van der Waals surface area contributed by atoms with E-state index in [2.05, 4.69) is 28.6 Å². The van der Waals surface area contributed by atoms with Crippen LogP contribution in [0.25, 0.3) is 10.9 Å². The molecule has 1 atom stereocenters. The molecule has 0 N–H and O–H groups in total. The van der Waals surface area contributed by atoms with Crippen molar-refractivity contribution in [2.75, 3.05) is 20.6 Å². The molecular weight excluding hydrogens is 284 g/mol. The highest BCUT2D eigenvalue weighted by Gasteiger charge is 2.31. The van der Waals surface area contributed by atoms with Crippen molar-refractivity contribution in [1.29, 1.82) is 0 Å². The fourth-order valence-corrected chi connectivity index (χ4v) is 3.27. The minimum absolute atomic E-state index is 0.147. The molecule has 1 unspecified atom stereocenters. The Bertz CT molecular complexity index is 640. The van der Waals surface area contributed by atoms with Crippen LogP contribution in [-0.4, -0.2) is 35.9 Å². The first kappa shape index (κ1) is 19.4. The van der Waals surface area contributed by atoms with E-state index in [1.54, 1.807) is 0 Å². The Morgan fingerprint density at radius 1 is 1.13 bits per heavy atom. The summed E-state index contributed by atoms with van der Waals surface area (Å²) in [5.74, 6) is 0.472. The van der Waals surface area contributed by atoms with E-state index in [-0.39, 0.29) is 5.92 Å². The summed E-state index contributed by atoms with van der Waals surface area (Å²) in [4.78, 5) is 14.8. The third-order valence-corrected chi connectivity index (χ3v) is 4.16. The van der Waals surface area contributed by atoms with Crippen molar-refractivity contribution < 1.29 is 4.79 Å². The fraction of sp³-hybridized carbons (Fsp3) is 0.550. The third-order valence-electron chi connectivity index (χ3n) is 4.16. The van der Waals surface area contributed by atoms with Crippen LogP contribution in [0.5, 0.6) is 0 Å². The fourth-order valence-electron chi connectivity index (χ4n) is 3.27. The number of benzene rings is 1. The molecule has 1 aliphatic carbocycles. The van der Waals surface area contributed by atoms with E-state index in [1.165, 1.54) is 11.2 Å². The number of rotatable bonds is 2. The first-order valence-corrected chi connectivity index (χ1v) is 8.85. The number of ketones is 1. The number of nitrogens with zero attached hydrogens (tertiary/aromatic N) is 2. The second-order valence-corrected chi connectivity index (χ2v) is 5.76. The molecule has 0 bridgehead atoms. The molecule has 0 fully saturated rings. The molecule has 3 rings (SSSR count). The normalized spacial score (nSPS) is 16.3. The topological polar surface area (TPSA) is 25.2 Å². The third kappa shape index (κ3) is 3.84. The van der Waals surface area contributed by atoms with Gasteiger partial charge in [0.05, 0.1) is 0 Å². The van der Waals surface area contributed by atoms with Crippen molar-refractivity contribution >= 4 is 16.7 Å². The van der Waals surface area contributed by atoms with Gasteiger partial charge in [-0.3, -0.25) is 4.79 Å². The number of para-hydroxylation sites is 1. The van der Waals surface area contributed by atoms with E-state index in [9.17, 15) is 4.79 Å². The average molecular weight is 316 g/mol. The summed E-state index contributed by atoms with van der Waals surface area (Å²) in [6.45, 7) is 8.85.